The van der Waals surface area contributed by atoms with Crippen LogP contribution in [0.25, 0.3) is 0 Å². The summed E-state index contributed by atoms with van der Waals surface area (Å²) in [6.07, 6.45) is 6.61. The minimum Gasteiger partial charge on any atom is -0.326 e. The molecule has 88 valence electrons. The van der Waals surface area contributed by atoms with Crippen LogP contribution in [0.3, 0.4) is 0 Å². The van der Waals surface area contributed by atoms with Gasteiger partial charge in [-0.25, -0.2) is 0 Å². The van der Waals surface area contributed by atoms with Crippen molar-refractivity contribution in [3.63, 3.8) is 0 Å². The van der Waals surface area contributed by atoms with Gasteiger partial charge in [0, 0.05) is 24.7 Å². The molecule has 2 aliphatic rings. The predicted octanol–water partition coefficient (Wildman–Crippen LogP) is 0.892. The molecule has 3 nitrogen and oxygen atoms in total. The van der Waals surface area contributed by atoms with E-state index in [4.69, 9.17) is 5.73 Å². The Balaban J connectivity index is 1.94. The van der Waals surface area contributed by atoms with Crippen LogP contribution in [0, 0.1) is 0 Å². The highest BCUT2D eigenvalue weighted by molar-refractivity contribution is 4.94. The lowest BCUT2D eigenvalue weighted by molar-refractivity contribution is 0.144. The number of likely N-dealkylation sites (tertiary alicyclic amines) is 1. The summed E-state index contributed by atoms with van der Waals surface area (Å²) in [5.74, 6) is 0. The van der Waals surface area contributed by atoms with Crippen molar-refractivity contribution in [1.82, 2.24) is 9.80 Å². The van der Waals surface area contributed by atoms with E-state index in [2.05, 4.69) is 23.9 Å². The lowest BCUT2D eigenvalue weighted by Crippen LogP contribution is -2.49. The van der Waals surface area contributed by atoms with Gasteiger partial charge in [-0.1, -0.05) is 6.42 Å². The van der Waals surface area contributed by atoms with E-state index in [1.807, 2.05) is 0 Å². The van der Waals surface area contributed by atoms with Crippen molar-refractivity contribution in [3.05, 3.63) is 0 Å². The molecule has 2 N–H and O–H groups in total. The maximum Gasteiger partial charge on any atom is 0.0250 e. The van der Waals surface area contributed by atoms with Crippen molar-refractivity contribution in [2.24, 2.45) is 5.73 Å². The second kappa shape index (κ2) is 4.81. The molecule has 15 heavy (non-hydrogen) atoms. The minimum atomic E-state index is 0.438. The normalized spacial score (nSPS) is 38.0. The summed E-state index contributed by atoms with van der Waals surface area (Å²) >= 11 is 0. The summed E-state index contributed by atoms with van der Waals surface area (Å²) in [5, 5.41) is 0. The van der Waals surface area contributed by atoms with Gasteiger partial charge in [0.15, 0.2) is 0 Å². The number of hydrogen-bond acceptors (Lipinski definition) is 3. The molecule has 0 radical (unpaired) electrons. The monoisotopic (exact) mass is 211 g/mol. The van der Waals surface area contributed by atoms with Crippen LogP contribution in [0.2, 0.25) is 0 Å². The topological polar surface area (TPSA) is 32.5 Å². The Morgan fingerprint density at radius 3 is 2.60 bits per heavy atom. The Bertz CT molecular complexity index is 205. The van der Waals surface area contributed by atoms with Gasteiger partial charge in [0.2, 0.25) is 0 Å². The van der Waals surface area contributed by atoms with Crippen LogP contribution in [-0.2, 0) is 0 Å². The third kappa shape index (κ3) is 2.52. The molecule has 0 aromatic carbocycles. The van der Waals surface area contributed by atoms with Gasteiger partial charge >= 0.3 is 0 Å². The van der Waals surface area contributed by atoms with Crippen LogP contribution in [-0.4, -0.2) is 55.1 Å². The molecule has 1 heterocycles. The summed E-state index contributed by atoms with van der Waals surface area (Å²) in [4.78, 5) is 5.00. The molecule has 0 spiro atoms. The fourth-order valence-corrected chi connectivity index (χ4v) is 3.29. The highest BCUT2D eigenvalue weighted by Crippen LogP contribution is 2.29. The van der Waals surface area contributed by atoms with Crippen molar-refractivity contribution in [2.45, 2.75) is 50.2 Å². The van der Waals surface area contributed by atoms with Crippen molar-refractivity contribution < 1.29 is 0 Å². The van der Waals surface area contributed by atoms with Crippen LogP contribution < -0.4 is 5.73 Å². The first-order valence-electron chi connectivity index (χ1n) is 6.34. The molecule has 0 amide bonds. The summed E-state index contributed by atoms with van der Waals surface area (Å²) in [5.41, 5.74) is 6.20. The number of nitrogens with two attached hydrogens (primary N) is 1. The fraction of sp³-hybridized carbons (Fsp3) is 1.00. The van der Waals surface area contributed by atoms with Gasteiger partial charge in [0.1, 0.15) is 0 Å². The van der Waals surface area contributed by atoms with Gasteiger partial charge in [0.25, 0.3) is 0 Å². The van der Waals surface area contributed by atoms with Gasteiger partial charge in [-0.15, -0.1) is 0 Å². The highest BCUT2D eigenvalue weighted by Gasteiger charge is 2.36. The average molecular weight is 211 g/mol. The molecule has 0 aromatic rings. The van der Waals surface area contributed by atoms with Crippen molar-refractivity contribution in [1.29, 1.82) is 0 Å². The largest absolute Gasteiger partial charge is 0.326 e. The minimum absolute atomic E-state index is 0.438. The Kier molecular flexibility index (Phi) is 3.65. The second-order valence-corrected chi connectivity index (χ2v) is 5.46. The first-order chi connectivity index (χ1) is 7.18. The van der Waals surface area contributed by atoms with Crippen molar-refractivity contribution in [3.8, 4) is 0 Å². The van der Waals surface area contributed by atoms with E-state index >= 15 is 0 Å². The Morgan fingerprint density at radius 1 is 1.20 bits per heavy atom. The van der Waals surface area contributed by atoms with E-state index in [0.717, 1.165) is 6.04 Å². The maximum absolute atomic E-state index is 6.20. The van der Waals surface area contributed by atoms with Crippen LogP contribution >= 0.6 is 0 Å². The van der Waals surface area contributed by atoms with Crippen LogP contribution in [0.5, 0.6) is 0 Å². The quantitative estimate of drug-likeness (QED) is 0.752. The zero-order valence-corrected chi connectivity index (χ0v) is 10.2. The molecular weight excluding hydrogens is 186 g/mol. The Labute approximate surface area is 93.6 Å². The molecule has 3 atom stereocenters. The molecule has 0 aromatic heterocycles. The third-order valence-corrected chi connectivity index (χ3v) is 3.96. The number of likely N-dealkylation sites (N-methyl/N-ethyl adjacent to an activating group) is 1. The molecule has 2 fully saturated rings. The van der Waals surface area contributed by atoms with Gasteiger partial charge in [0.05, 0.1) is 0 Å². The molecule has 3 heteroatoms. The van der Waals surface area contributed by atoms with E-state index in [0.29, 0.717) is 12.1 Å². The van der Waals surface area contributed by atoms with Crippen LogP contribution in [0.4, 0.5) is 0 Å². The molecule has 1 saturated carbocycles. The number of nitrogens with zero attached hydrogens (tertiary/aromatic N) is 2. The highest BCUT2D eigenvalue weighted by atomic mass is 15.3. The SMILES string of the molecule is CN(C)CC1CCCN1C1CCCC1N. The van der Waals surface area contributed by atoms with E-state index in [1.54, 1.807) is 0 Å². The summed E-state index contributed by atoms with van der Waals surface area (Å²) in [6.45, 7) is 2.47. The summed E-state index contributed by atoms with van der Waals surface area (Å²) < 4.78 is 0. The first-order valence-corrected chi connectivity index (χ1v) is 6.34. The standard InChI is InChI=1S/C12H25N3/c1-14(2)9-10-5-4-8-15(10)12-7-3-6-11(12)13/h10-12H,3-9,13H2,1-2H3. The van der Waals surface area contributed by atoms with Gasteiger partial charge in [-0.3, -0.25) is 4.90 Å². The molecule has 1 saturated heterocycles. The summed E-state index contributed by atoms with van der Waals surface area (Å²) in [6, 6.07) is 1.87. The molecule has 1 aliphatic carbocycles. The van der Waals surface area contributed by atoms with E-state index in [-0.39, 0.29) is 0 Å². The summed E-state index contributed by atoms with van der Waals surface area (Å²) in [7, 11) is 4.34. The van der Waals surface area contributed by atoms with E-state index in [1.165, 1.54) is 45.2 Å². The molecule has 2 rings (SSSR count). The molecule has 1 aliphatic heterocycles. The molecule has 0 bridgehead atoms. The van der Waals surface area contributed by atoms with Crippen molar-refractivity contribution >= 4 is 0 Å². The van der Waals surface area contributed by atoms with Crippen LogP contribution in [0.15, 0.2) is 0 Å². The predicted molar refractivity (Wildman–Crippen MR) is 63.9 cm³/mol. The average Bonchev–Trinajstić information content (AvgIpc) is 2.73. The number of rotatable bonds is 3. The third-order valence-electron chi connectivity index (χ3n) is 3.96. The maximum atomic E-state index is 6.20. The number of hydrogen-bond donors (Lipinski definition) is 1. The second-order valence-electron chi connectivity index (χ2n) is 5.46. The van der Waals surface area contributed by atoms with Gasteiger partial charge in [-0.2, -0.15) is 0 Å². The first kappa shape index (κ1) is 11.4. The van der Waals surface area contributed by atoms with E-state index < -0.39 is 0 Å². The van der Waals surface area contributed by atoms with Gasteiger partial charge < -0.3 is 10.6 Å². The fourth-order valence-electron chi connectivity index (χ4n) is 3.29. The van der Waals surface area contributed by atoms with Crippen LogP contribution in [0.1, 0.15) is 32.1 Å². The lowest BCUT2D eigenvalue weighted by atomic mass is 10.1. The zero-order chi connectivity index (χ0) is 10.8. The Hall–Kier alpha value is -0.120. The zero-order valence-electron chi connectivity index (χ0n) is 10.2. The Morgan fingerprint density at radius 2 is 2.00 bits per heavy atom. The lowest BCUT2D eigenvalue weighted by Gasteiger charge is -2.34. The molecular formula is C12H25N3. The van der Waals surface area contributed by atoms with E-state index in [9.17, 15) is 0 Å². The van der Waals surface area contributed by atoms with Gasteiger partial charge in [-0.05, 0) is 46.3 Å². The van der Waals surface area contributed by atoms with Crippen molar-refractivity contribution in [2.75, 3.05) is 27.2 Å². The molecule has 3 unspecified atom stereocenters. The smallest absolute Gasteiger partial charge is 0.0250 e.